The highest BCUT2D eigenvalue weighted by atomic mass is 32.7. The van der Waals surface area contributed by atoms with Crippen molar-refractivity contribution in [3.63, 3.8) is 0 Å². The number of thiol groups is 1. The Kier molecular flexibility index (Phi) is 7.79. The van der Waals surface area contributed by atoms with Gasteiger partial charge in [-0.25, -0.2) is 43.2 Å². The SMILES string of the molecule is Nc1ncnc2c1ncn2[C@@H]1O[C@@H]2CO[P@](=O)(S)O[C@H]3[C@@H](F)[C@H](n4cnc5c(N)ncnc54)O[C@@H]3CCO[PH](=O)O[C@H]2[C@H]1F. The third kappa shape index (κ3) is 5.25. The molecule has 0 saturated carbocycles. The summed E-state index contributed by atoms with van der Waals surface area (Å²) < 4.78 is 94.1. The predicted molar refractivity (Wildman–Crippen MR) is 149 cm³/mol. The maximum atomic E-state index is 16.0. The van der Waals surface area contributed by atoms with E-state index in [1.54, 1.807) is 0 Å². The van der Waals surface area contributed by atoms with E-state index in [1.165, 1.54) is 34.4 Å². The summed E-state index contributed by atoms with van der Waals surface area (Å²) in [6.07, 6.45) is -7.17. The Balaban J connectivity index is 1.14. The fourth-order valence-corrected chi connectivity index (χ4v) is 7.68. The number of rotatable bonds is 2. The van der Waals surface area contributed by atoms with E-state index in [0.717, 1.165) is 0 Å². The fourth-order valence-electron chi connectivity index (χ4n) is 5.34. The van der Waals surface area contributed by atoms with Crippen LogP contribution in [0.3, 0.4) is 0 Å². The van der Waals surface area contributed by atoms with Gasteiger partial charge in [0.1, 0.15) is 42.0 Å². The van der Waals surface area contributed by atoms with E-state index in [-0.39, 0.29) is 47.0 Å². The Morgan fingerprint density at radius 1 is 0.886 bits per heavy atom. The van der Waals surface area contributed by atoms with Crippen LogP contribution in [0, 0.1) is 0 Å². The van der Waals surface area contributed by atoms with Crippen molar-refractivity contribution >= 4 is 61.3 Å². The van der Waals surface area contributed by atoms with Crippen LogP contribution >= 0.6 is 27.3 Å². The second-order valence-corrected chi connectivity index (χ2v) is 13.9. The van der Waals surface area contributed by atoms with Gasteiger partial charge < -0.3 is 30.0 Å². The largest absolute Gasteiger partial charge is 0.386 e. The van der Waals surface area contributed by atoms with Crippen molar-refractivity contribution < 1.29 is 45.5 Å². The van der Waals surface area contributed by atoms with Gasteiger partial charge in [0.2, 0.25) is 0 Å². The summed E-state index contributed by atoms with van der Waals surface area (Å²) in [6.45, 7) is -5.24. The molecule has 7 rings (SSSR count). The van der Waals surface area contributed by atoms with Crippen molar-refractivity contribution in [2.45, 2.75) is 55.6 Å². The van der Waals surface area contributed by atoms with Crippen molar-refractivity contribution in [3.05, 3.63) is 25.3 Å². The van der Waals surface area contributed by atoms with Gasteiger partial charge in [0.05, 0.1) is 32.0 Å². The van der Waals surface area contributed by atoms with Gasteiger partial charge in [-0.15, -0.1) is 0 Å². The van der Waals surface area contributed by atoms with Crippen molar-refractivity contribution in [1.82, 2.24) is 39.0 Å². The number of nitrogen functional groups attached to an aromatic ring is 2. The molecule has 0 radical (unpaired) electrons. The number of imidazole rings is 2. The molecule has 0 amide bonds. The molecule has 10 atom stereocenters. The average Bonchev–Trinajstić information content (AvgIpc) is 3.74. The predicted octanol–water partition coefficient (Wildman–Crippen LogP) is 1.94. The zero-order valence-electron chi connectivity index (χ0n) is 22.2. The number of fused-ring (bicyclic) bond motifs is 4. The number of nitrogens with two attached hydrogens (primary N) is 2. The van der Waals surface area contributed by atoms with Crippen molar-refractivity contribution in [3.8, 4) is 0 Å². The Labute approximate surface area is 251 Å². The van der Waals surface area contributed by atoms with Crippen molar-refractivity contribution in [2.75, 3.05) is 24.7 Å². The van der Waals surface area contributed by atoms with Crippen LogP contribution in [-0.2, 0) is 36.7 Å². The molecular weight excluding hydrogens is 652 g/mol. The van der Waals surface area contributed by atoms with Crippen LogP contribution in [0.15, 0.2) is 25.3 Å². The Bertz CT molecular complexity index is 1790. The first-order valence-corrected chi connectivity index (χ1v) is 17.0. The molecule has 0 spiro atoms. The Morgan fingerprint density at radius 2 is 1.45 bits per heavy atom. The van der Waals surface area contributed by atoms with E-state index in [1.807, 2.05) is 0 Å². The summed E-state index contributed by atoms with van der Waals surface area (Å²) in [5.41, 5.74) is 12.5. The molecule has 23 heteroatoms. The maximum absolute atomic E-state index is 16.0. The number of aromatic nitrogens is 8. The summed E-state index contributed by atoms with van der Waals surface area (Å²) in [7, 11) is -3.34. The summed E-state index contributed by atoms with van der Waals surface area (Å²) in [4.78, 5) is 24.1. The van der Waals surface area contributed by atoms with Crippen LogP contribution in [0.4, 0.5) is 20.4 Å². The molecule has 7 heterocycles. The standard InChI is InChI=1S/C21H24F2N10O8P2S/c22-10-14-9(39-20(10)32-6-30-12-16(24)26-4-28-18(12)32)3-37-43(35,44)41-15-8(1-2-36-42(34)40-14)38-21(11(15)23)33-7-31-13-17(25)27-5-29-19(13)33/h4-11,14-15,20-21,42H,1-3H2,(H,35,44)(H2,24,26,28)(H2,25,27,29)/t8-,9-,10-,11-,14-,15-,20-,21-,43+/m1/s1. The molecular formula is C21H24F2N10O8P2S. The van der Waals surface area contributed by atoms with E-state index in [4.69, 9.17) is 39.0 Å². The number of ether oxygens (including phenoxy) is 2. The van der Waals surface area contributed by atoms with Crippen LogP contribution in [0.1, 0.15) is 18.9 Å². The molecule has 1 unspecified atom stereocenters. The van der Waals surface area contributed by atoms with E-state index < -0.39 is 70.9 Å². The quantitative estimate of drug-likeness (QED) is 0.203. The first kappa shape index (κ1) is 29.8. The molecule has 44 heavy (non-hydrogen) atoms. The third-order valence-corrected chi connectivity index (χ3v) is 9.89. The number of alkyl halides is 2. The van der Waals surface area contributed by atoms with Crippen molar-refractivity contribution in [1.29, 1.82) is 0 Å². The van der Waals surface area contributed by atoms with Gasteiger partial charge in [0.25, 0.3) is 0 Å². The lowest BCUT2D eigenvalue weighted by molar-refractivity contribution is -0.0422. The van der Waals surface area contributed by atoms with Crippen LogP contribution in [0.5, 0.6) is 0 Å². The first-order valence-electron chi connectivity index (χ1n) is 13.1. The van der Waals surface area contributed by atoms with Crippen LogP contribution in [-0.4, -0.2) is 89.0 Å². The molecule has 4 aromatic rings. The van der Waals surface area contributed by atoms with Crippen LogP contribution in [0.2, 0.25) is 0 Å². The second-order valence-electron chi connectivity index (χ2n) is 9.99. The van der Waals surface area contributed by atoms with E-state index in [0.29, 0.717) is 0 Å². The lowest BCUT2D eigenvalue weighted by Crippen LogP contribution is -2.33. The summed E-state index contributed by atoms with van der Waals surface area (Å²) in [5.74, 6) is 0.147. The zero-order valence-corrected chi connectivity index (χ0v) is 25.0. The molecule has 3 saturated heterocycles. The molecule has 4 N–H and O–H groups in total. The van der Waals surface area contributed by atoms with Gasteiger partial charge in [0.15, 0.2) is 47.7 Å². The molecule has 3 fully saturated rings. The van der Waals surface area contributed by atoms with Gasteiger partial charge >= 0.3 is 15.1 Å². The zero-order chi connectivity index (χ0) is 30.7. The van der Waals surface area contributed by atoms with Gasteiger partial charge in [-0.2, -0.15) is 0 Å². The van der Waals surface area contributed by atoms with Gasteiger partial charge in [-0.3, -0.25) is 22.7 Å². The molecule has 0 bridgehead atoms. The Morgan fingerprint density at radius 3 is 2.07 bits per heavy atom. The number of halogens is 2. The number of hydrogen-bond donors (Lipinski definition) is 3. The van der Waals surface area contributed by atoms with E-state index >= 15 is 8.78 Å². The van der Waals surface area contributed by atoms with Crippen molar-refractivity contribution in [2.24, 2.45) is 0 Å². The van der Waals surface area contributed by atoms with E-state index in [2.05, 4.69) is 42.2 Å². The third-order valence-electron chi connectivity index (χ3n) is 7.37. The fraction of sp³-hybridized carbons (Fsp3) is 0.524. The molecule has 3 aliphatic heterocycles. The molecule has 0 aliphatic carbocycles. The number of nitrogens with zero attached hydrogens (tertiary/aromatic N) is 8. The van der Waals surface area contributed by atoms with Crippen LogP contribution < -0.4 is 11.5 Å². The highest BCUT2D eigenvalue weighted by Gasteiger charge is 2.52. The van der Waals surface area contributed by atoms with Gasteiger partial charge in [-0.05, 0) is 0 Å². The molecule has 0 aromatic carbocycles. The molecule has 3 aliphatic rings. The summed E-state index contributed by atoms with van der Waals surface area (Å²) >= 11 is 4.03. The average molecular weight is 676 g/mol. The minimum Gasteiger partial charge on any atom is -0.382 e. The molecule has 4 aromatic heterocycles. The Hall–Kier alpha value is -2.87. The normalized spacial score (nSPS) is 36.8. The highest BCUT2D eigenvalue weighted by molar-refractivity contribution is 8.44. The highest BCUT2D eigenvalue weighted by Crippen LogP contribution is 2.57. The van der Waals surface area contributed by atoms with Gasteiger partial charge in [0, 0.05) is 6.42 Å². The van der Waals surface area contributed by atoms with Gasteiger partial charge in [-0.1, -0.05) is 12.2 Å². The monoisotopic (exact) mass is 676 g/mol. The smallest absolute Gasteiger partial charge is 0.382 e. The number of hydrogen-bond acceptors (Lipinski definition) is 16. The lowest BCUT2D eigenvalue weighted by atomic mass is 10.1. The number of anilines is 2. The first-order chi connectivity index (χ1) is 21.1. The lowest BCUT2D eigenvalue weighted by Gasteiger charge is -2.24. The minimum atomic E-state index is -4.35. The summed E-state index contributed by atoms with van der Waals surface area (Å²) in [6, 6.07) is 0. The minimum absolute atomic E-state index is 0.0668. The summed E-state index contributed by atoms with van der Waals surface area (Å²) in [5, 5.41) is 0. The molecule has 236 valence electrons. The maximum Gasteiger partial charge on any atom is 0.386 e. The topological polar surface area (TPSA) is 229 Å². The second kappa shape index (κ2) is 11.5. The molecule has 18 nitrogen and oxygen atoms in total. The van der Waals surface area contributed by atoms with Crippen LogP contribution in [0.25, 0.3) is 22.3 Å². The van der Waals surface area contributed by atoms with E-state index in [9.17, 15) is 9.13 Å².